The van der Waals surface area contributed by atoms with Crippen LogP contribution in [0.4, 0.5) is 0 Å². The first-order valence-corrected chi connectivity index (χ1v) is 6.22. The maximum atomic E-state index is 10.5. The quantitative estimate of drug-likeness (QED) is 0.496. The average Bonchev–Trinajstić information content (AvgIpc) is 2.38. The second kappa shape index (κ2) is 7.49. The second-order valence-electron chi connectivity index (χ2n) is 3.51. The van der Waals surface area contributed by atoms with Crippen LogP contribution >= 0.6 is 15.9 Å². The van der Waals surface area contributed by atoms with Crippen molar-refractivity contribution in [2.75, 3.05) is 13.7 Å². The highest BCUT2D eigenvalue weighted by Crippen LogP contribution is 2.37. The third kappa shape index (κ3) is 4.68. The van der Waals surface area contributed by atoms with Gasteiger partial charge in [0.05, 0.1) is 18.2 Å². The molecule has 0 aliphatic heterocycles. The van der Waals surface area contributed by atoms with E-state index < -0.39 is 5.97 Å². The van der Waals surface area contributed by atoms with Crippen molar-refractivity contribution in [3.8, 4) is 23.8 Å². The predicted octanol–water partition coefficient (Wildman–Crippen LogP) is 2.96. The van der Waals surface area contributed by atoms with Gasteiger partial charge >= 0.3 is 5.97 Å². The summed E-state index contributed by atoms with van der Waals surface area (Å²) >= 11 is 3.36. The molecule has 0 saturated carbocycles. The Morgan fingerprint density at radius 1 is 1.58 bits per heavy atom. The monoisotopic (exact) mass is 324 g/mol. The summed E-state index contributed by atoms with van der Waals surface area (Å²) in [7, 11) is 1.51. The lowest BCUT2D eigenvalue weighted by molar-refractivity contribution is -0.131. The zero-order valence-corrected chi connectivity index (χ0v) is 11.9. The number of hydrogen-bond donors (Lipinski definition) is 1. The molecule has 0 amide bonds. The van der Waals surface area contributed by atoms with Crippen molar-refractivity contribution >= 4 is 28.0 Å². The zero-order chi connectivity index (χ0) is 14.3. The van der Waals surface area contributed by atoms with Gasteiger partial charge in [0.2, 0.25) is 0 Å². The Morgan fingerprint density at radius 3 is 2.89 bits per heavy atom. The van der Waals surface area contributed by atoms with E-state index in [1.165, 1.54) is 13.2 Å². The van der Waals surface area contributed by atoms with Gasteiger partial charge < -0.3 is 14.6 Å². The molecule has 0 heterocycles. The summed E-state index contributed by atoms with van der Waals surface area (Å²) in [5.41, 5.74) is 0.690. The molecule has 0 spiro atoms. The molecule has 0 fully saturated rings. The van der Waals surface area contributed by atoms with E-state index in [1.807, 2.05) is 0 Å². The summed E-state index contributed by atoms with van der Waals surface area (Å²) in [6.07, 6.45) is 8.18. The minimum atomic E-state index is -1.01. The first kappa shape index (κ1) is 15.1. The minimum Gasteiger partial charge on any atom is -0.493 e. The van der Waals surface area contributed by atoms with Crippen molar-refractivity contribution in [3.05, 3.63) is 28.2 Å². The highest BCUT2D eigenvalue weighted by Gasteiger charge is 2.10. The predicted molar refractivity (Wildman–Crippen MR) is 76.3 cm³/mol. The van der Waals surface area contributed by atoms with Crippen molar-refractivity contribution < 1.29 is 19.4 Å². The Bertz CT molecular complexity index is 529. The maximum Gasteiger partial charge on any atom is 0.328 e. The van der Waals surface area contributed by atoms with E-state index in [1.54, 1.807) is 12.1 Å². The first-order chi connectivity index (χ1) is 9.08. The van der Waals surface area contributed by atoms with E-state index in [4.69, 9.17) is 21.0 Å². The van der Waals surface area contributed by atoms with Gasteiger partial charge in [-0.2, -0.15) is 0 Å². The number of hydrogen-bond acceptors (Lipinski definition) is 3. The molecule has 1 aromatic rings. The Morgan fingerprint density at radius 2 is 2.32 bits per heavy atom. The Hall–Kier alpha value is -1.93. The summed E-state index contributed by atoms with van der Waals surface area (Å²) in [4.78, 5) is 10.5. The molecular formula is C14H13BrO4. The number of rotatable bonds is 6. The summed E-state index contributed by atoms with van der Waals surface area (Å²) in [6.45, 7) is 0.385. The van der Waals surface area contributed by atoms with Crippen LogP contribution in [0.5, 0.6) is 11.5 Å². The van der Waals surface area contributed by atoms with E-state index in [0.717, 1.165) is 6.08 Å². The SMILES string of the molecule is C#CCCOc1c(Br)cc(C=CC(=O)O)cc1OC. The van der Waals surface area contributed by atoms with Crippen LogP contribution in [0.3, 0.4) is 0 Å². The van der Waals surface area contributed by atoms with Gasteiger partial charge in [-0.1, -0.05) is 0 Å². The molecule has 0 aromatic heterocycles. The first-order valence-electron chi connectivity index (χ1n) is 5.43. The molecule has 0 aliphatic rings. The smallest absolute Gasteiger partial charge is 0.328 e. The van der Waals surface area contributed by atoms with Crippen molar-refractivity contribution in [1.29, 1.82) is 0 Å². The van der Waals surface area contributed by atoms with E-state index in [-0.39, 0.29) is 0 Å². The Kier molecular flexibility index (Phi) is 5.97. The highest BCUT2D eigenvalue weighted by atomic mass is 79.9. The van der Waals surface area contributed by atoms with E-state index in [0.29, 0.717) is 34.6 Å². The van der Waals surface area contributed by atoms with Gasteiger partial charge in [0.15, 0.2) is 11.5 Å². The lowest BCUT2D eigenvalue weighted by Gasteiger charge is -2.12. The molecular weight excluding hydrogens is 312 g/mol. The van der Waals surface area contributed by atoms with Crippen LogP contribution in [0, 0.1) is 12.3 Å². The minimum absolute atomic E-state index is 0.385. The molecule has 0 saturated heterocycles. The molecule has 5 heteroatoms. The van der Waals surface area contributed by atoms with Crippen molar-refractivity contribution in [1.82, 2.24) is 0 Å². The number of aliphatic carboxylic acids is 1. The molecule has 1 rings (SSSR count). The van der Waals surface area contributed by atoms with Gasteiger partial charge in [-0.15, -0.1) is 12.3 Å². The number of carboxylic acid groups (broad SMARTS) is 1. The zero-order valence-electron chi connectivity index (χ0n) is 10.4. The van der Waals surface area contributed by atoms with E-state index in [2.05, 4.69) is 21.9 Å². The summed E-state index contributed by atoms with van der Waals surface area (Å²) in [5.74, 6) is 2.53. The van der Waals surface area contributed by atoms with Gasteiger partial charge in [0, 0.05) is 12.5 Å². The van der Waals surface area contributed by atoms with Crippen LogP contribution in [0.25, 0.3) is 6.08 Å². The highest BCUT2D eigenvalue weighted by molar-refractivity contribution is 9.10. The molecule has 0 radical (unpaired) electrons. The third-order valence-corrected chi connectivity index (χ3v) is 2.75. The van der Waals surface area contributed by atoms with Crippen molar-refractivity contribution in [3.63, 3.8) is 0 Å². The standard InChI is InChI=1S/C14H13BrO4/c1-3-4-7-19-14-11(15)8-10(5-6-13(16)17)9-12(14)18-2/h1,5-6,8-9H,4,7H2,2H3,(H,16,17). The largest absolute Gasteiger partial charge is 0.493 e. The van der Waals surface area contributed by atoms with Gasteiger partial charge in [-0.05, 0) is 39.7 Å². The summed E-state index contributed by atoms with van der Waals surface area (Å²) in [6, 6.07) is 3.43. The number of carboxylic acids is 1. The van der Waals surface area contributed by atoms with Crippen LogP contribution in [0.15, 0.2) is 22.7 Å². The average molecular weight is 325 g/mol. The molecule has 100 valence electrons. The summed E-state index contributed by atoms with van der Waals surface area (Å²) < 4.78 is 11.4. The summed E-state index contributed by atoms with van der Waals surface area (Å²) in [5, 5.41) is 8.60. The van der Waals surface area contributed by atoms with Crippen LogP contribution in [-0.4, -0.2) is 24.8 Å². The van der Waals surface area contributed by atoms with Crippen LogP contribution in [-0.2, 0) is 4.79 Å². The molecule has 0 bridgehead atoms. The van der Waals surface area contributed by atoms with Gasteiger partial charge in [0.25, 0.3) is 0 Å². The number of carbonyl (C=O) groups is 1. The fourth-order valence-corrected chi connectivity index (χ4v) is 1.93. The van der Waals surface area contributed by atoms with Gasteiger partial charge in [-0.3, -0.25) is 0 Å². The van der Waals surface area contributed by atoms with Crippen LogP contribution in [0.1, 0.15) is 12.0 Å². The molecule has 0 atom stereocenters. The molecule has 1 aromatic carbocycles. The van der Waals surface area contributed by atoms with Crippen molar-refractivity contribution in [2.24, 2.45) is 0 Å². The fraction of sp³-hybridized carbons (Fsp3) is 0.214. The normalized spacial score (nSPS) is 10.2. The van der Waals surface area contributed by atoms with Gasteiger partial charge in [-0.25, -0.2) is 4.79 Å². The maximum absolute atomic E-state index is 10.5. The molecule has 4 nitrogen and oxygen atoms in total. The second-order valence-corrected chi connectivity index (χ2v) is 4.36. The molecule has 0 aliphatic carbocycles. The Labute approximate surface area is 120 Å². The topological polar surface area (TPSA) is 55.8 Å². The number of terminal acetylenes is 1. The fourth-order valence-electron chi connectivity index (χ4n) is 1.36. The van der Waals surface area contributed by atoms with Crippen molar-refractivity contribution in [2.45, 2.75) is 6.42 Å². The number of ether oxygens (including phenoxy) is 2. The molecule has 19 heavy (non-hydrogen) atoms. The van der Waals surface area contributed by atoms with E-state index in [9.17, 15) is 4.79 Å². The van der Waals surface area contributed by atoms with Crippen LogP contribution < -0.4 is 9.47 Å². The van der Waals surface area contributed by atoms with E-state index >= 15 is 0 Å². The number of methoxy groups -OCH3 is 1. The lowest BCUT2D eigenvalue weighted by Crippen LogP contribution is -1.99. The Balaban J connectivity index is 3.01. The van der Waals surface area contributed by atoms with Crippen LogP contribution in [0.2, 0.25) is 0 Å². The lowest BCUT2D eigenvalue weighted by atomic mass is 10.2. The third-order valence-electron chi connectivity index (χ3n) is 2.16. The number of benzene rings is 1. The molecule has 1 N–H and O–H groups in total. The van der Waals surface area contributed by atoms with Gasteiger partial charge in [0.1, 0.15) is 0 Å². The number of halogens is 1. The molecule has 0 unspecified atom stereocenters.